The third-order valence-corrected chi connectivity index (χ3v) is 1.74. The van der Waals surface area contributed by atoms with Crippen molar-refractivity contribution in [3.63, 3.8) is 0 Å². The Morgan fingerprint density at radius 3 is 3.07 bits per heavy atom. The highest BCUT2D eigenvalue weighted by atomic mass is 18.2. The zero-order valence-corrected chi connectivity index (χ0v) is 7.82. The minimum Gasteiger partial charge on any atom is -0.370 e. The Hall–Kier alpha value is -1.46. The molecule has 78 valence electrons. The first-order valence-electron chi connectivity index (χ1n) is 4.45. The molecule has 0 aliphatic rings. The maximum Gasteiger partial charge on any atom is 0.219 e. The molecule has 1 heterocycles. The molecule has 1 aromatic heterocycles. The van der Waals surface area contributed by atoms with Crippen molar-refractivity contribution in [1.29, 1.82) is 0 Å². The van der Waals surface area contributed by atoms with Crippen LogP contribution in [0.5, 0.6) is 0 Å². The van der Waals surface area contributed by atoms with Crippen molar-refractivity contribution in [2.24, 2.45) is 5.73 Å². The number of nitrogens with two attached hydrogens (primary N) is 1. The number of halogens is 1. The van der Waals surface area contributed by atoms with Crippen LogP contribution in [0.15, 0.2) is 6.20 Å². The smallest absolute Gasteiger partial charge is 0.219 e. The largest absolute Gasteiger partial charge is 0.370 e. The second-order valence-electron chi connectivity index (χ2n) is 2.98. The standard InChI is InChI=1S/C8H13FN4O/c9-4-1-2-7-6-13(12-11-7)5-3-8(10)14/h6H,1-5H2,(H2,10,14)/i9-1. The minimum atomic E-state index is -0.370. The predicted octanol–water partition coefficient (Wildman–Crippen LogP) is 0.0556. The lowest BCUT2D eigenvalue weighted by molar-refractivity contribution is -0.118. The summed E-state index contributed by atoms with van der Waals surface area (Å²) in [5.74, 6) is -0.370. The summed E-state index contributed by atoms with van der Waals surface area (Å²) >= 11 is 0. The van der Waals surface area contributed by atoms with E-state index in [9.17, 15) is 9.18 Å². The fourth-order valence-electron chi connectivity index (χ4n) is 1.04. The fourth-order valence-corrected chi connectivity index (χ4v) is 1.04. The number of primary amides is 1. The molecule has 0 aliphatic carbocycles. The first-order chi connectivity index (χ1) is 6.72. The molecule has 14 heavy (non-hydrogen) atoms. The molecule has 6 heteroatoms. The van der Waals surface area contributed by atoms with Gasteiger partial charge in [0.05, 0.1) is 18.9 Å². The molecule has 0 aromatic carbocycles. The van der Waals surface area contributed by atoms with E-state index in [1.54, 1.807) is 10.9 Å². The third-order valence-electron chi connectivity index (χ3n) is 1.74. The van der Waals surface area contributed by atoms with Crippen molar-refractivity contribution in [3.8, 4) is 0 Å². The van der Waals surface area contributed by atoms with Crippen LogP contribution in [0.3, 0.4) is 0 Å². The Bertz CT molecular complexity index is 299. The Kier molecular flexibility index (Phi) is 4.03. The Labute approximate surface area is 81.1 Å². The molecule has 0 aliphatic heterocycles. The van der Waals surface area contributed by atoms with E-state index in [0.29, 0.717) is 19.4 Å². The number of hydrogen-bond donors (Lipinski definition) is 1. The van der Waals surface area contributed by atoms with Crippen LogP contribution in [0.2, 0.25) is 0 Å². The maximum absolute atomic E-state index is 11.8. The molecule has 1 rings (SSSR count). The maximum atomic E-state index is 11.8. The minimum absolute atomic E-state index is 0.242. The van der Waals surface area contributed by atoms with Crippen molar-refractivity contribution in [3.05, 3.63) is 11.9 Å². The number of hydrogen-bond acceptors (Lipinski definition) is 3. The van der Waals surface area contributed by atoms with E-state index in [-0.39, 0.29) is 19.0 Å². The van der Waals surface area contributed by atoms with Crippen molar-refractivity contribution in [1.82, 2.24) is 15.0 Å². The molecule has 1 amide bonds. The monoisotopic (exact) mass is 199 g/mol. The summed E-state index contributed by atoms with van der Waals surface area (Å²) < 4.78 is 13.4. The molecule has 1 aromatic rings. The number of amides is 1. The van der Waals surface area contributed by atoms with Gasteiger partial charge >= 0.3 is 0 Å². The van der Waals surface area contributed by atoms with E-state index < -0.39 is 0 Å². The van der Waals surface area contributed by atoms with Crippen LogP contribution in [0.4, 0.5) is 4.39 Å². The van der Waals surface area contributed by atoms with Gasteiger partial charge in [-0.1, -0.05) is 5.21 Å². The molecule has 0 unspecified atom stereocenters. The summed E-state index contributed by atoms with van der Waals surface area (Å²) in [6.07, 6.45) is 2.98. The second-order valence-corrected chi connectivity index (χ2v) is 2.98. The lowest BCUT2D eigenvalue weighted by atomic mass is 10.3. The number of aryl methyl sites for hydroxylation is 2. The normalized spacial score (nSPS) is 10.4. The number of alkyl halides is 1. The van der Waals surface area contributed by atoms with Crippen LogP contribution >= 0.6 is 0 Å². The van der Waals surface area contributed by atoms with Crippen molar-refractivity contribution >= 4 is 5.91 Å². The molecule has 0 saturated carbocycles. The molecule has 0 atom stereocenters. The summed E-state index contributed by atoms with van der Waals surface area (Å²) in [7, 11) is 0. The number of aromatic nitrogens is 3. The number of carbonyl (C=O) groups excluding carboxylic acids is 1. The van der Waals surface area contributed by atoms with Gasteiger partial charge in [0, 0.05) is 12.6 Å². The van der Waals surface area contributed by atoms with Gasteiger partial charge in [-0.15, -0.1) is 5.10 Å². The van der Waals surface area contributed by atoms with Gasteiger partial charge in [0.1, 0.15) is 0 Å². The molecule has 0 spiro atoms. The lowest BCUT2D eigenvalue weighted by Crippen LogP contribution is -2.14. The molecule has 5 nitrogen and oxygen atoms in total. The van der Waals surface area contributed by atoms with Crippen LogP contribution in [-0.4, -0.2) is 27.6 Å². The van der Waals surface area contributed by atoms with Gasteiger partial charge in [0.25, 0.3) is 0 Å². The van der Waals surface area contributed by atoms with Gasteiger partial charge in [0.2, 0.25) is 5.91 Å². The van der Waals surface area contributed by atoms with E-state index in [4.69, 9.17) is 5.73 Å². The summed E-state index contributed by atoms with van der Waals surface area (Å²) in [5.41, 5.74) is 5.72. The van der Waals surface area contributed by atoms with Crippen LogP contribution in [0.1, 0.15) is 18.5 Å². The van der Waals surface area contributed by atoms with Crippen molar-refractivity contribution < 1.29 is 9.18 Å². The molecule has 0 bridgehead atoms. The first kappa shape index (κ1) is 10.6. The van der Waals surface area contributed by atoms with E-state index in [1.807, 2.05) is 0 Å². The topological polar surface area (TPSA) is 73.8 Å². The SMILES string of the molecule is NC(=O)CCn1cc(CCC[18F])nn1. The van der Waals surface area contributed by atoms with Gasteiger partial charge in [-0.25, -0.2) is 0 Å². The Balaban J connectivity index is 2.38. The third kappa shape index (κ3) is 3.51. The van der Waals surface area contributed by atoms with Gasteiger partial charge < -0.3 is 5.73 Å². The van der Waals surface area contributed by atoms with Crippen LogP contribution in [0, 0.1) is 0 Å². The molecular weight excluding hydrogens is 186 g/mol. The fraction of sp³-hybridized carbons (Fsp3) is 0.625. The van der Waals surface area contributed by atoms with E-state index >= 15 is 0 Å². The van der Waals surface area contributed by atoms with E-state index in [1.165, 1.54) is 0 Å². The van der Waals surface area contributed by atoms with Crippen LogP contribution in [0.25, 0.3) is 0 Å². The van der Waals surface area contributed by atoms with E-state index in [2.05, 4.69) is 10.3 Å². The highest BCUT2D eigenvalue weighted by molar-refractivity contribution is 5.73. The zero-order valence-electron chi connectivity index (χ0n) is 7.82. The predicted molar refractivity (Wildman–Crippen MR) is 48.1 cm³/mol. The highest BCUT2D eigenvalue weighted by Gasteiger charge is 2.01. The lowest BCUT2D eigenvalue weighted by Gasteiger charge is -1.95. The van der Waals surface area contributed by atoms with Gasteiger partial charge in [0.15, 0.2) is 0 Å². The zero-order chi connectivity index (χ0) is 10.4. The molecule has 0 fully saturated rings. The van der Waals surface area contributed by atoms with Crippen molar-refractivity contribution in [2.75, 3.05) is 6.67 Å². The Morgan fingerprint density at radius 2 is 2.43 bits per heavy atom. The van der Waals surface area contributed by atoms with Crippen molar-refractivity contribution in [2.45, 2.75) is 25.8 Å². The highest BCUT2D eigenvalue weighted by Crippen LogP contribution is 1.99. The first-order valence-corrected chi connectivity index (χ1v) is 4.45. The average molecular weight is 199 g/mol. The van der Waals surface area contributed by atoms with Crippen LogP contribution in [-0.2, 0) is 17.8 Å². The van der Waals surface area contributed by atoms with Gasteiger partial charge in [-0.2, -0.15) is 0 Å². The summed E-state index contributed by atoms with van der Waals surface area (Å²) in [5, 5.41) is 7.60. The molecule has 0 radical (unpaired) electrons. The second kappa shape index (κ2) is 5.31. The Morgan fingerprint density at radius 1 is 1.64 bits per heavy atom. The average Bonchev–Trinajstić information content (AvgIpc) is 2.59. The molecular formula is C8H13FN4O. The number of carbonyl (C=O) groups is 1. The summed E-state index contributed by atoms with van der Waals surface area (Å²) in [4.78, 5) is 10.5. The van der Waals surface area contributed by atoms with Gasteiger partial charge in [-0.3, -0.25) is 13.9 Å². The van der Waals surface area contributed by atoms with Crippen LogP contribution < -0.4 is 5.73 Å². The summed E-state index contributed by atoms with van der Waals surface area (Å²) in [6.45, 7) is 0.0755. The molecule has 0 saturated heterocycles. The molecule has 2 N–H and O–H groups in total. The number of rotatable bonds is 6. The quantitative estimate of drug-likeness (QED) is 0.703. The van der Waals surface area contributed by atoms with Gasteiger partial charge in [-0.05, 0) is 12.8 Å². The van der Waals surface area contributed by atoms with E-state index in [0.717, 1.165) is 5.69 Å². The summed E-state index contributed by atoms with van der Waals surface area (Å²) in [6, 6.07) is 0. The number of nitrogens with zero attached hydrogens (tertiary/aromatic N) is 3.